The summed E-state index contributed by atoms with van der Waals surface area (Å²) in [5.74, 6) is 0.154. The molecule has 0 heterocycles. The Hall–Kier alpha value is -2.82. The Morgan fingerprint density at radius 1 is 1.04 bits per heavy atom. The van der Waals surface area contributed by atoms with Gasteiger partial charge in [-0.1, -0.05) is 43.3 Å². The monoisotopic (exact) mass is 340 g/mol. The fourth-order valence-electron chi connectivity index (χ4n) is 2.32. The average molecular weight is 340 g/mol. The maximum absolute atomic E-state index is 12.0. The molecule has 2 amide bonds. The van der Waals surface area contributed by atoms with Crippen molar-refractivity contribution in [2.45, 2.75) is 32.6 Å². The fraction of sp³-hybridized carbons (Fsp3) is 0.300. The number of amides is 2. The molecule has 2 aromatic carbocycles. The predicted molar refractivity (Wildman–Crippen MR) is 98.8 cm³/mol. The molecule has 0 aliphatic heterocycles. The van der Waals surface area contributed by atoms with Crippen molar-refractivity contribution >= 4 is 17.7 Å². The first kappa shape index (κ1) is 18.5. The Balaban J connectivity index is 1.78. The van der Waals surface area contributed by atoms with E-state index < -0.39 is 0 Å². The zero-order chi connectivity index (χ0) is 17.9. The molecule has 0 spiro atoms. The number of aryl methyl sites for hydroxylation is 1. The summed E-state index contributed by atoms with van der Waals surface area (Å²) in [6.07, 6.45) is 2.80. The van der Waals surface area contributed by atoms with Crippen LogP contribution in [0.2, 0.25) is 0 Å². The second kappa shape index (κ2) is 10.1. The fourth-order valence-corrected chi connectivity index (χ4v) is 2.32. The molecule has 132 valence electrons. The highest BCUT2D eigenvalue weighted by molar-refractivity contribution is 5.89. The van der Waals surface area contributed by atoms with Gasteiger partial charge in [-0.2, -0.15) is 0 Å². The number of carbonyl (C=O) groups excluding carboxylic acids is 2. The van der Waals surface area contributed by atoms with E-state index in [-0.39, 0.29) is 12.0 Å². The number of anilines is 1. The number of benzene rings is 2. The smallest absolute Gasteiger partial charge is 0.319 e. The van der Waals surface area contributed by atoms with E-state index in [1.165, 1.54) is 5.56 Å². The molecule has 5 nitrogen and oxygen atoms in total. The second-order valence-corrected chi connectivity index (χ2v) is 5.72. The van der Waals surface area contributed by atoms with E-state index in [1.807, 2.05) is 37.3 Å². The van der Waals surface area contributed by atoms with Gasteiger partial charge in [-0.15, -0.1) is 0 Å². The van der Waals surface area contributed by atoms with E-state index in [0.717, 1.165) is 19.3 Å². The number of esters is 1. The van der Waals surface area contributed by atoms with Gasteiger partial charge in [-0.3, -0.25) is 4.79 Å². The van der Waals surface area contributed by atoms with Crippen LogP contribution >= 0.6 is 0 Å². The van der Waals surface area contributed by atoms with Gasteiger partial charge >= 0.3 is 12.0 Å². The Kier molecular flexibility index (Phi) is 7.50. The van der Waals surface area contributed by atoms with Crippen LogP contribution in [0.3, 0.4) is 0 Å². The van der Waals surface area contributed by atoms with E-state index in [2.05, 4.69) is 10.6 Å². The number of urea groups is 1. The first-order valence-corrected chi connectivity index (χ1v) is 8.57. The highest BCUT2D eigenvalue weighted by Gasteiger charge is 2.07. The van der Waals surface area contributed by atoms with Crippen LogP contribution in [0.5, 0.6) is 5.75 Å². The molecule has 2 N–H and O–H groups in total. The largest absolute Gasteiger partial charge is 0.426 e. The third kappa shape index (κ3) is 7.08. The topological polar surface area (TPSA) is 67.4 Å². The lowest BCUT2D eigenvalue weighted by Crippen LogP contribution is -2.29. The van der Waals surface area contributed by atoms with Gasteiger partial charge < -0.3 is 15.4 Å². The lowest BCUT2D eigenvalue weighted by molar-refractivity contribution is -0.134. The summed E-state index contributed by atoms with van der Waals surface area (Å²) in [5, 5.41) is 5.44. The Labute approximate surface area is 148 Å². The van der Waals surface area contributed by atoms with Gasteiger partial charge in [0.05, 0.1) is 0 Å². The first-order valence-electron chi connectivity index (χ1n) is 8.57. The summed E-state index contributed by atoms with van der Waals surface area (Å²) in [6.45, 7) is 2.60. The van der Waals surface area contributed by atoms with Gasteiger partial charge in [0.1, 0.15) is 5.75 Å². The standard InChI is InChI=1S/C20H24N2O3/c1-2-14-21-20(24)22-17-11-7-12-18(15-17)25-19(23)13-6-10-16-8-4-3-5-9-16/h3-5,7-9,11-12,15H,2,6,10,13-14H2,1H3,(H2,21,22,24). The van der Waals surface area contributed by atoms with E-state index >= 15 is 0 Å². The molecule has 2 rings (SSSR count). The molecule has 0 unspecified atom stereocenters. The number of hydrogen-bond acceptors (Lipinski definition) is 3. The molecule has 0 saturated heterocycles. The predicted octanol–water partition coefficient (Wildman–Crippen LogP) is 4.15. The van der Waals surface area contributed by atoms with Gasteiger partial charge in [0.25, 0.3) is 0 Å². The van der Waals surface area contributed by atoms with Crippen LogP contribution in [0.1, 0.15) is 31.7 Å². The molecule has 0 radical (unpaired) electrons. The summed E-state index contributed by atoms with van der Waals surface area (Å²) in [7, 11) is 0. The molecular weight excluding hydrogens is 316 g/mol. The van der Waals surface area contributed by atoms with Crippen molar-refractivity contribution < 1.29 is 14.3 Å². The van der Waals surface area contributed by atoms with Crippen molar-refractivity contribution in [2.24, 2.45) is 0 Å². The lowest BCUT2D eigenvalue weighted by Gasteiger charge is -2.09. The van der Waals surface area contributed by atoms with Gasteiger partial charge in [0, 0.05) is 24.7 Å². The van der Waals surface area contributed by atoms with E-state index in [9.17, 15) is 9.59 Å². The highest BCUT2D eigenvalue weighted by Crippen LogP contribution is 2.18. The molecule has 2 aromatic rings. The summed E-state index contributed by atoms with van der Waals surface area (Å²) in [5.41, 5.74) is 1.79. The molecule has 0 atom stereocenters. The van der Waals surface area contributed by atoms with Crippen molar-refractivity contribution in [3.8, 4) is 5.75 Å². The molecule has 0 aliphatic rings. The summed E-state index contributed by atoms with van der Waals surface area (Å²) in [4.78, 5) is 23.6. The van der Waals surface area contributed by atoms with Crippen molar-refractivity contribution in [3.63, 3.8) is 0 Å². The molecule has 0 saturated carbocycles. The van der Waals surface area contributed by atoms with Gasteiger partial charge in [-0.25, -0.2) is 4.79 Å². The molecule has 0 aromatic heterocycles. The maximum atomic E-state index is 12.0. The minimum Gasteiger partial charge on any atom is -0.426 e. The van der Waals surface area contributed by atoms with E-state index in [1.54, 1.807) is 24.3 Å². The Morgan fingerprint density at radius 3 is 2.60 bits per heavy atom. The quantitative estimate of drug-likeness (QED) is 0.560. The number of nitrogens with one attached hydrogen (secondary N) is 2. The van der Waals surface area contributed by atoms with Gasteiger partial charge in [-0.05, 0) is 37.0 Å². The van der Waals surface area contributed by atoms with Crippen molar-refractivity contribution in [2.75, 3.05) is 11.9 Å². The van der Waals surface area contributed by atoms with Gasteiger partial charge in [0.15, 0.2) is 0 Å². The van der Waals surface area contributed by atoms with Crippen molar-refractivity contribution in [3.05, 3.63) is 60.2 Å². The maximum Gasteiger partial charge on any atom is 0.319 e. The van der Waals surface area contributed by atoms with Crippen LogP contribution in [-0.2, 0) is 11.2 Å². The van der Waals surface area contributed by atoms with Crippen molar-refractivity contribution in [1.29, 1.82) is 0 Å². The Bertz CT molecular complexity index is 686. The zero-order valence-corrected chi connectivity index (χ0v) is 14.5. The summed E-state index contributed by atoms with van der Waals surface area (Å²) >= 11 is 0. The number of ether oxygens (including phenoxy) is 1. The van der Waals surface area contributed by atoms with E-state index in [0.29, 0.717) is 24.4 Å². The second-order valence-electron chi connectivity index (χ2n) is 5.72. The number of hydrogen-bond donors (Lipinski definition) is 2. The van der Waals surface area contributed by atoms with Crippen LogP contribution < -0.4 is 15.4 Å². The van der Waals surface area contributed by atoms with E-state index in [4.69, 9.17) is 4.74 Å². The zero-order valence-electron chi connectivity index (χ0n) is 14.5. The average Bonchev–Trinajstić information content (AvgIpc) is 2.61. The molecular formula is C20H24N2O3. The minimum absolute atomic E-state index is 0.270. The van der Waals surface area contributed by atoms with Crippen LogP contribution in [0, 0.1) is 0 Å². The number of rotatable bonds is 8. The summed E-state index contributed by atoms with van der Waals surface area (Å²) in [6, 6.07) is 16.6. The molecule has 0 fully saturated rings. The molecule has 0 aliphatic carbocycles. The van der Waals surface area contributed by atoms with Crippen LogP contribution in [-0.4, -0.2) is 18.5 Å². The molecule has 25 heavy (non-hydrogen) atoms. The highest BCUT2D eigenvalue weighted by atomic mass is 16.5. The minimum atomic E-state index is -0.275. The first-order chi connectivity index (χ1) is 12.2. The SMILES string of the molecule is CCCNC(=O)Nc1cccc(OC(=O)CCCc2ccccc2)c1. The third-order valence-corrected chi connectivity index (χ3v) is 3.55. The summed E-state index contributed by atoms with van der Waals surface area (Å²) < 4.78 is 5.35. The number of carbonyl (C=O) groups is 2. The van der Waals surface area contributed by atoms with Crippen LogP contribution in [0.25, 0.3) is 0 Å². The molecule has 0 bridgehead atoms. The van der Waals surface area contributed by atoms with Crippen molar-refractivity contribution in [1.82, 2.24) is 5.32 Å². The molecule has 5 heteroatoms. The normalized spacial score (nSPS) is 10.1. The Morgan fingerprint density at radius 2 is 1.84 bits per heavy atom. The van der Waals surface area contributed by atoms with Gasteiger partial charge in [0.2, 0.25) is 0 Å². The van der Waals surface area contributed by atoms with Crippen LogP contribution in [0.15, 0.2) is 54.6 Å². The van der Waals surface area contributed by atoms with Crippen LogP contribution in [0.4, 0.5) is 10.5 Å². The third-order valence-electron chi connectivity index (χ3n) is 3.55. The lowest BCUT2D eigenvalue weighted by atomic mass is 10.1.